The first-order valence-electron chi connectivity index (χ1n) is 6.61. The summed E-state index contributed by atoms with van der Waals surface area (Å²) in [4.78, 5) is 22.5. The number of hydrogen-bond donors (Lipinski definition) is 1. The number of nitrogens with one attached hydrogen (secondary N) is 1. The van der Waals surface area contributed by atoms with Crippen molar-refractivity contribution in [2.24, 2.45) is 0 Å². The third-order valence-electron chi connectivity index (χ3n) is 2.93. The van der Waals surface area contributed by atoms with Gasteiger partial charge in [-0.2, -0.15) is 0 Å². The van der Waals surface area contributed by atoms with Crippen molar-refractivity contribution in [3.63, 3.8) is 0 Å². The standard InChI is InChI=1S/C15H12F2N2O4S/c1-23-14-6-9(19(21)22)2-5-13(14)18-15(20)8-24-10-3-4-11(16)12(17)7-10/h2-7H,8H2,1H3,(H,18,20). The molecule has 0 aliphatic rings. The van der Waals surface area contributed by atoms with Gasteiger partial charge in [-0.1, -0.05) is 0 Å². The predicted molar refractivity (Wildman–Crippen MR) is 85.4 cm³/mol. The zero-order valence-electron chi connectivity index (χ0n) is 12.4. The molecule has 0 radical (unpaired) electrons. The van der Waals surface area contributed by atoms with Crippen LogP contribution in [0.15, 0.2) is 41.3 Å². The molecule has 0 atom stereocenters. The fraction of sp³-hybridized carbons (Fsp3) is 0.133. The Morgan fingerprint density at radius 3 is 2.62 bits per heavy atom. The molecule has 0 saturated heterocycles. The van der Waals surface area contributed by atoms with Gasteiger partial charge in [-0.05, 0) is 24.3 Å². The molecule has 1 amide bonds. The van der Waals surface area contributed by atoms with Crippen LogP contribution >= 0.6 is 11.8 Å². The van der Waals surface area contributed by atoms with Gasteiger partial charge in [0.2, 0.25) is 5.91 Å². The molecule has 2 rings (SSSR count). The summed E-state index contributed by atoms with van der Waals surface area (Å²) >= 11 is 1.02. The number of amides is 1. The van der Waals surface area contributed by atoms with Gasteiger partial charge in [-0.25, -0.2) is 8.78 Å². The normalized spacial score (nSPS) is 10.3. The second-order valence-electron chi connectivity index (χ2n) is 4.55. The highest BCUT2D eigenvalue weighted by molar-refractivity contribution is 8.00. The van der Waals surface area contributed by atoms with Crippen molar-refractivity contribution in [1.29, 1.82) is 0 Å². The average molecular weight is 354 g/mol. The maximum atomic E-state index is 13.1. The Balaban J connectivity index is 2.01. The highest BCUT2D eigenvalue weighted by Gasteiger charge is 2.14. The molecule has 1 N–H and O–H groups in total. The lowest BCUT2D eigenvalue weighted by molar-refractivity contribution is -0.384. The van der Waals surface area contributed by atoms with Crippen LogP contribution in [0.5, 0.6) is 5.75 Å². The lowest BCUT2D eigenvalue weighted by Crippen LogP contribution is -2.14. The monoisotopic (exact) mass is 354 g/mol. The summed E-state index contributed by atoms with van der Waals surface area (Å²) in [6.45, 7) is 0. The lowest BCUT2D eigenvalue weighted by Gasteiger charge is -2.10. The van der Waals surface area contributed by atoms with E-state index < -0.39 is 22.5 Å². The van der Waals surface area contributed by atoms with Crippen LogP contribution < -0.4 is 10.1 Å². The van der Waals surface area contributed by atoms with Gasteiger partial charge in [0.1, 0.15) is 5.75 Å². The Hall–Kier alpha value is -2.68. The molecule has 2 aromatic carbocycles. The number of nitro benzene ring substituents is 1. The smallest absolute Gasteiger partial charge is 0.273 e. The number of carbonyl (C=O) groups is 1. The van der Waals surface area contributed by atoms with Crippen molar-refractivity contribution in [2.45, 2.75) is 4.90 Å². The number of non-ortho nitro benzene ring substituents is 1. The molecule has 0 heterocycles. The summed E-state index contributed by atoms with van der Waals surface area (Å²) in [7, 11) is 1.32. The minimum Gasteiger partial charge on any atom is -0.494 e. The van der Waals surface area contributed by atoms with Crippen LogP contribution in [0.2, 0.25) is 0 Å². The highest BCUT2D eigenvalue weighted by atomic mass is 32.2. The Morgan fingerprint density at radius 2 is 2.00 bits per heavy atom. The second kappa shape index (κ2) is 7.73. The van der Waals surface area contributed by atoms with E-state index in [0.717, 1.165) is 23.9 Å². The maximum Gasteiger partial charge on any atom is 0.273 e. The Morgan fingerprint density at radius 1 is 1.25 bits per heavy atom. The largest absolute Gasteiger partial charge is 0.494 e. The number of anilines is 1. The van der Waals surface area contributed by atoms with Crippen LogP contribution in [-0.4, -0.2) is 23.7 Å². The molecule has 0 spiro atoms. The van der Waals surface area contributed by atoms with Gasteiger partial charge >= 0.3 is 0 Å². The van der Waals surface area contributed by atoms with E-state index in [0.29, 0.717) is 4.90 Å². The molecule has 0 aromatic heterocycles. The molecular formula is C15H12F2N2O4S. The van der Waals surface area contributed by atoms with Crippen molar-refractivity contribution in [3.05, 3.63) is 58.1 Å². The van der Waals surface area contributed by atoms with Crippen molar-refractivity contribution < 1.29 is 23.2 Å². The van der Waals surface area contributed by atoms with Gasteiger partial charge in [-0.15, -0.1) is 11.8 Å². The maximum absolute atomic E-state index is 13.1. The molecule has 0 fully saturated rings. The van der Waals surface area contributed by atoms with Gasteiger partial charge in [0.15, 0.2) is 11.6 Å². The number of halogens is 2. The Kier molecular flexibility index (Phi) is 5.69. The molecule has 0 saturated carbocycles. The first-order chi connectivity index (χ1) is 11.4. The molecule has 6 nitrogen and oxygen atoms in total. The number of nitrogens with zero attached hydrogens (tertiary/aromatic N) is 1. The van der Waals surface area contributed by atoms with E-state index >= 15 is 0 Å². The summed E-state index contributed by atoms with van der Waals surface area (Å²) in [5.41, 5.74) is 0.111. The SMILES string of the molecule is COc1cc([N+](=O)[O-])ccc1NC(=O)CSc1ccc(F)c(F)c1. The van der Waals surface area contributed by atoms with Gasteiger partial charge < -0.3 is 10.1 Å². The summed E-state index contributed by atoms with van der Waals surface area (Å²) in [5, 5.41) is 13.3. The summed E-state index contributed by atoms with van der Waals surface area (Å²) in [6.07, 6.45) is 0. The van der Waals surface area contributed by atoms with E-state index in [1.54, 1.807) is 0 Å². The van der Waals surface area contributed by atoms with Crippen molar-refractivity contribution >= 4 is 29.0 Å². The Bertz CT molecular complexity index is 786. The van der Waals surface area contributed by atoms with E-state index in [-0.39, 0.29) is 22.9 Å². The topological polar surface area (TPSA) is 81.5 Å². The van der Waals surface area contributed by atoms with E-state index in [9.17, 15) is 23.7 Å². The molecule has 24 heavy (non-hydrogen) atoms. The van der Waals surface area contributed by atoms with Crippen LogP contribution in [-0.2, 0) is 4.79 Å². The van der Waals surface area contributed by atoms with Gasteiger partial charge in [0.25, 0.3) is 5.69 Å². The average Bonchev–Trinajstić information content (AvgIpc) is 2.56. The van der Waals surface area contributed by atoms with Crippen LogP contribution in [0.25, 0.3) is 0 Å². The number of rotatable bonds is 6. The molecule has 0 aliphatic heterocycles. The van der Waals surface area contributed by atoms with Crippen LogP contribution in [0.4, 0.5) is 20.2 Å². The number of nitro groups is 1. The molecule has 126 valence electrons. The highest BCUT2D eigenvalue weighted by Crippen LogP contribution is 2.29. The number of benzene rings is 2. The third kappa shape index (κ3) is 4.42. The molecule has 0 bridgehead atoms. The molecule has 9 heteroatoms. The fourth-order valence-corrected chi connectivity index (χ4v) is 2.52. The molecule has 2 aromatic rings. The third-order valence-corrected chi connectivity index (χ3v) is 3.92. The Labute approximate surface area is 140 Å². The van der Waals surface area contributed by atoms with Gasteiger partial charge in [0.05, 0.1) is 29.5 Å². The number of ether oxygens (including phenoxy) is 1. The van der Waals surface area contributed by atoms with Crippen molar-refractivity contribution in [3.8, 4) is 5.75 Å². The van der Waals surface area contributed by atoms with Gasteiger partial charge in [0, 0.05) is 11.0 Å². The van der Waals surface area contributed by atoms with Gasteiger partial charge in [-0.3, -0.25) is 14.9 Å². The number of methoxy groups -OCH3 is 1. The number of thioether (sulfide) groups is 1. The number of hydrogen-bond acceptors (Lipinski definition) is 5. The van der Waals surface area contributed by atoms with E-state index in [4.69, 9.17) is 4.74 Å². The lowest BCUT2D eigenvalue weighted by atomic mass is 10.2. The summed E-state index contributed by atoms with van der Waals surface area (Å²) in [6, 6.07) is 7.13. The van der Waals surface area contributed by atoms with Crippen molar-refractivity contribution in [1.82, 2.24) is 0 Å². The van der Waals surface area contributed by atoms with Crippen LogP contribution in [0.1, 0.15) is 0 Å². The van der Waals surface area contributed by atoms with Crippen LogP contribution in [0.3, 0.4) is 0 Å². The van der Waals surface area contributed by atoms with E-state index in [2.05, 4.69) is 5.32 Å². The summed E-state index contributed by atoms with van der Waals surface area (Å²) in [5.74, 6) is -2.27. The molecular weight excluding hydrogens is 342 g/mol. The molecule has 0 unspecified atom stereocenters. The van der Waals surface area contributed by atoms with E-state index in [1.165, 1.54) is 31.4 Å². The zero-order valence-corrected chi connectivity index (χ0v) is 13.2. The first-order valence-corrected chi connectivity index (χ1v) is 7.59. The minimum atomic E-state index is -0.988. The minimum absolute atomic E-state index is 0.0504. The number of carbonyl (C=O) groups excluding carboxylic acids is 1. The summed E-state index contributed by atoms with van der Waals surface area (Å²) < 4.78 is 30.9. The zero-order chi connectivity index (χ0) is 17.7. The van der Waals surface area contributed by atoms with Crippen LogP contribution in [0, 0.1) is 21.7 Å². The first kappa shape index (κ1) is 17.7. The fourth-order valence-electron chi connectivity index (χ4n) is 1.80. The van der Waals surface area contributed by atoms with E-state index in [1.807, 2.05) is 0 Å². The predicted octanol–water partition coefficient (Wildman–Crippen LogP) is 3.61. The van der Waals surface area contributed by atoms with Crippen molar-refractivity contribution in [2.75, 3.05) is 18.2 Å². The second-order valence-corrected chi connectivity index (χ2v) is 5.60. The molecule has 0 aliphatic carbocycles. The quantitative estimate of drug-likeness (QED) is 0.487.